The van der Waals surface area contributed by atoms with Gasteiger partial charge in [0.1, 0.15) is 6.10 Å². The minimum Gasteiger partial charge on any atom is -0.386 e. The molecule has 0 amide bonds. The second-order valence-corrected chi connectivity index (χ2v) is 2.70. The van der Waals surface area contributed by atoms with Gasteiger partial charge in [-0.1, -0.05) is 6.42 Å². The van der Waals surface area contributed by atoms with Crippen LogP contribution in [0.2, 0.25) is 0 Å². The van der Waals surface area contributed by atoms with Crippen LogP contribution in [0.5, 0.6) is 0 Å². The lowest BCUT2D eigenvalue weighted by Gasteiger charge is -2.20. The largest absolute Gasteiger partial charge is 0.386 e. The molecule has 10 heavy (non-hydrogen) atoms. The smallest absolute Gasteiger partial charge is 0.238 e. The molecule has 0 heterocycles. The molecule has 1 aliphatic rings. The fraction of sp³-hybridized carbons (Fsp3) is 1.00. The van der Waals surface area contributed by atoms with Crippen molar-refractivity contribution in [3.63, 3.8) is 0 Å². The zero-order valence-corrected chi connectivity index (χ0v) is 5.69. The van der Waals surface area contributed by atoms with Crippen LogP contribution in [0.1, 0.15) is 25.7 Å². The van der Waals surface area contributed by atoms with E-state index in [0.29, 0.717) is 12.8 Å². The van der Waals surface area contributed by atoms with Gasteiger partial charge >= 0.3 is 0 Å². The molecule has 0 aromatic rings. The third-order valence-electron chi connectivity index (χ3n) is 1.96. The second kappa shape index (κ2) is 2.96. The molecule has 0 saturated heterocycles. The highest BCUT2D eigenvalue weighted by Crippen LogP contribution is 2.19. The van der Waals surface area contributed by atoms with E-state index in [2.05, 4.69) is 0 Å². The summed E-state index contributed by atoms with van der Waals surface area (Å²) >= 11 is 0. The number of nitrogens with zero attached hydrogens (tertiary/aromatic N) is 1. The molecule has 0 radical (unpaired) electrons. The lowest BCUT2D eigenvalue weighted by Crippen LogP contribution is -2.36. The summed E-state index contributed by atoms with van der Waals surface area (Å²) in [6, 6.07) is -0.700. The zero-order valence-electron chi connectivity index (χ0n) is 5.69. The summed E-state index contributed by atoms with van der Waals surface area (Å²) in [4.78, 5) is 9.84. The second-order valence-electron chi connectivity index (χ2n) is 2.70. The molecule has 58 valence electrons. The van der Waals surface area contributed by atoms with Gasteiger partial charge in [-0.15, -0.1) is 0 Å². The highest BCUT2D eigenvalue weighted by atomic mass is 16.6. The molecular weight excluding hydrogens is 134 g/mol. The van der Waals surface area contributed by atoms with Crippen molar-refractivity contribution in [3.8, 4) is 0 Å². The molecule has 0 aromatic carbocycles. The summed E-state index contributed by atoms with van der Waals surface area (Å²) in [7, 11) is 0. The molecule has 0 aliphatic heterocycles. The quantitative estimate of drug-likeness (QED) is 0.433. The van der Waals surface area contributed by atoms with Gasteiger partial charge in [0, 0.05) is 11.3 Å². The molecule has 4 heteroatoms. The van der Waals surface area contributed by atoms with Crippen LogP contribution in [0.3, 0.4) is 0 Å². The fourth-order valence-corrected chi connectivity index (χ4v) is 1.34. The van der Waals surface area contributed by atoms with Gasteiger partial charge in [0.2, 0.25) is 6.04 Å². The van der Waals surface area contributed by atoms with Crippen molar-refractivity contribution >= 4 is 0 Å². The highest BCUT2D eigenvalue weighted by molar-refractivity contribution is 4.73. The Morgan fingerprint density at radius 3 is 2.40 bits per heavy atom. The van der Waals surface area contributed by atoms with Crippen LogP contribution in [0.25, 0.3) is 0 Å². The van der Waals surface area contributed by atoms with E-state index < -0.39 is 12.1 Å². The summed E-state index contributed by atoms with van der Waals surface area (Å²) in [5, 5.41) is 19.3. The van der Waals surface area contributed by atoms with Crippen molar-refractivity contribution in [1.82, 2.24) is 0 Å². The number of hydrogen-bond donors (Lipinski definition) is 1. The number of rotatable bonds is 1. The normalized spacial score (nSPS) is 33.7. The Bertz CT molecular complexity index is 137. The van der Waals surface area contributed by atoms with Gasteiger partial charge < -0.3 is 5.11 Å². The fourth-order valence-electron chi connectivity index (χ4n) is 1.34. The highest BCUT2D eigenvalue weighted by Gasteiger charge is 2.31. The maximum Gasteiger partial charge on any atom is 0.238 e. The van der Waals surface area contributed by atoms with Gasteiger partial charge in [0.25, 0.3) is 0 Å². The van der Waals surface area contributed by atoms with Gasteiger partial charge in [0.05, 0.1) is 0 Å². The molecule has 1 fully saturated rings. The lowest BCUT2D eigenvalue weighted by atomic mass is 9.93. The Kier molecular flexibility index (Phi) is 2.21. The molecule has 1 aliphatic carbocycles. The number of aliphatic hydroxyl groups is 1. The first-order chi connectivity index (χ1) is 4.72. The molecule has 0 unspecified atom stereocenters. The SMILES string of the molecule is O=[N+]([O-])[C@H]1CCCC[C@@H]1O. The Labute approximate surface area is 59.0 Å². The maximum atomic E-state index is 10.2. The Hall–Kier alpha value is -0.640. The number of nitro groups is 1. The Morgan fingerprint density at radius 1 is 1.40 bits per heavy atom. The van der Waals surface area contributed by atoms with Crippen LogP contribution in [-0.4, -0.2) is 22.2 Å². The van der Waals surface area contributed by atoms with E-state index in [1.54, 1.807) is 0 Å². The topological polar surface area (TPSA) is 63.4 Å². The molecule has 1 saturated carbocycles. The van der Waals surface area contributed by atoms with Crippen LogP contribution >= 0.6 is 0 Å². The van der Waals surface area contributed by atoms with E-state index >= 15 is 0 Å². The Morgan fingerprint density at radius 2 is 2.00 bits per heavy atom. The van der Waals surface area contributed by atoms with Crippen LogP contribution in [-0.2, 0) is 0 Å². The van der Waals surface area contributed by atoms with Crippen molar-refractivity contribution < 1.29 is 10.0 Å². The van der Waals surface area contributed by atoms with Crippen LogP contribution in [0.15, 0.2) is 0 Å². The minimum absolute atomic E-state index is 0.371. The minimum atomic E-state index is -0.705. The predicted octanol–water partition coefficient (Wildman–Crippen LogP) is 0.567. The summed E-state index contributed by atoms with van der Waals surface area (Å²) in [6.07, 6.45) is 2.22. The van der Waals surface area contributed by atoms with E-state index in [1.165, 1.54) is 0 Å². The maximum absolute atomic E-state index is 10.2. The van der Waals surface area contributed by atoms with E-state index in [9.17, 15) is 10.1 Å². The number of hydrogen-bond acceptors (Lipinski definition) is 3. The summed E-state index contributed by atoms with van der Waals surface area (Å²) < 4.78 is 0. The van der Waals surface area contributed by atoms with Crippen LogP contribution < -0.4 is 0 Å². The first-order valence-corrected chi connectivity index (χ1v) is 3.53. The van der Waals surface area contributed by atoms with Crippen LogP contribution in [0.4, 0.5) is 0 Å². The van der Waals surface area contributed by atoms with E-state index in [-0.39, 0.29) is 4.92 Å². The lowest BCUT2D eigenvalue weighted by molar-refractivity contribution is -0.537. The monoisotopic (exact) mass is 145 g/mol. The van der Waals surface area contributed by atoms with E-state index in [1.807, 2.05) is 0 Å². The third-order valence-corrected chi connectivity index (χ3v) is 1.96. The number of aliphatic hydroxyl groups excluding tert-OH is 1. The zero-order chi connectivity index (χ0) is 7.56. The molecule has 1 rings (SSSR count). The first kappa shape index (κ1) is 7.47. The van der Waals surface area contributed by atoms with Gasteiger partial charge in [0.15, 0.2) is 0 Å². The predicted molar refractivity (Wildman–Crippen MR) is 35.3 cm³/mol. The van der Waals surface area contributed by atoms with Gasteiger partial charge in [-0.3, -0.25) is 10.1 Å². The molecule has 4 nitrogen and oxygen atoms in total. The third kappa shape index (κ3) is 1.44. The molecule has 0 bridgehead atoms. The molecule has 0 spiro atoms. The van der Waals surface area contributed by atoms with Gasteiger partial charge in [-0.05, 0) is 12.8 Å². The van der Waals surface area contributed by atoms with Gasteiger partial charge in [-0.25, -0.2) is 0 Å². The Balaban J connectivity index is 2.47. The molecular formula is C6H11NO3. The molecule has 0 aromatic heterocycles. The van der Waals surface area contributed by atoms with E-state index in [4.69, 9.17) is 5.11 Å². The van der Waals surface area contributed by atoms with Crippen molar-refractivity contribution in [3.05, 3.63) is 10.1 Å². The molecule has 1 N–H and O–H groups in total. The van der Waals surface area contributed by atoms with Crippen LogP contribution in [0, 0.1) is 10.1 Å². The first-order valence-electron chi connectivity index (χ1n) is 3.53. The standard InChI is InChI=1S/C6H11NO3/c8-6-4-2-1-3-5(6)7(9)10/h5-6,8H,1-4H2/t5-,6-/m0/s1. The van der Waals surface area contributed by atoms with Gasteiger partial charge in [-0.2, -0.15) is 0 Å². The summed E-state index contributed by atoms with van der Waals surface area (Å²) in [5.74, 6) is 0. The van der Waals surface area contributed by atoms with Crippen molar-refractivity contribution in [2.45, 2.75) is 37.8 Å². The van der Waals surface area contributed by atoms with Crippen molar-refractivity contribution in [1.29, 1.82) is 0 Å². The average molecular weight is 145 g/mol. The summed E-state index contributed by atoms with van der Waals surface area (Å²) in [6.45, 7) is 0. The summed E-state index contributed by atoms with van der Waals surface area (Å²) in [5.41, 5.74) is 0. The van der Waals surface area contributed by atoms with E-state index in [0.717, 1.165) is 12.8 Å². The van der Waals surface area contributed by atoms with Crippen molar-refractivity contribution in [2.24, 2.45) is 0 Å². The van der Waals surface area contributed by atoms with Crippen molar-refractivity contribution in [2.75, 3.05) is 0 Å². The average Bonchev–Trinajstić information content (AvgIpc) is 1.88. The molecule has 2 atom stereocenters.